The molecule has 2 aromatic rings. The highest BCUT2D eigenvalue weighted by Gasteiger charge is 2.26. The van der Waals surface area contributed by atoms with Crippen LogP contribution in [0, 0.1) is 10.1 Å². The Labute approximate surface area is 138 Å². The number of nitrogens with zero attached hydrogens (tertiary/aromatic N) is 3. The summed E-state index contributed by atoms with van der Waals surface area (Å²) in [5.74, 6) is 0.0549. The number of hydrogen-bond donors (Lipinski definition) is 0. The number of piperazine rings is 1. The van der Waals surface area contributed by atoms with Crippen molar-refractivity contribution < 1.29 is 18.9 Å². The van der Waals surface area contributed by atoms with E-state index < -0.39 is 10.8 Å². The van der Waals surface area contributed by atoms with Gasteiger partial charge in [-0.15, -0.1) is 0 Å². The van der Waals surface area contributed by atoms with Crippen molar-refractivity contribution in [2.24, 2.45) is 0 Å². The molecule has 1 amide bonds. The van der Waals surface area contributed by atoms with Gasteiger partial charge >= 0.3 is 5.88 Å². The highest BCUT2D eigenvalue weighted by atomic mass is 16.6. The molecule has 0 saturated carbocycles. The van der Waals surface area contributed by atoms with E-state index in [1.165, 1.54) is 12.1 Å². The van der Waals surface area contributed by atoms with Crippen LogP contribution in [0.25, 0.3) is 0 Å². The van der Waals surface area contributed by atoms with Gasteiger partial charge < -0.3 is 19.0 Å². The number of furan rings is 1. The number of amides is 1. The van der Waals surface area contributed by atoms with Crippen molar-refractivity contribution >= 4 is 17.5 Å². The van der Waals surface area contributed by atoms with Gasteiger partial charge in [0.1, 0.15) is 10.7 Å². The third-order valence-corrected chi connectivity index (χ3v) is 3.99. The summed E-state index contributed by atoms with van der Waals surface area (Å²) in [5.41, 5.74) is 1.07. The molecule has 0 N–H and O–H groups in total. The predicted molar refractivity (Wildman–Crippen MR) is 86.5 cm³/mol. The Bertz CT molecular complexity index is 732. The first-order valence-electron chi connectivity index (χ1n) is 7.51. The van der Waals surface area contributed by atoms with E-state index in [2.05, 4.69) is 4.90 Å². The molecule has 0 bridgehead atoms. The summed E-state index contributed by atoms with van der Waals surface area (Å²) in [5, 5.41) is 10.6. The van der Waals surface area contributed by atoms with Crippen LogP contribution in [0.1, 0.15) is 10.6 Å². The minimum absolute atomic E-state index is 0.000373. The Balaban J connectivity index is 1.61. The van der Waals surface area contributed by atoms with Crippen LogP contribution in [0.15, 0.2) is 40.8 Å². The number of rotatable bonds is 4. The lowest BCUT2D eigenvalue weighted by molar-refractivity contribution is -0.402. The van der Waals surface area contributed by atoms with Gasteiger partial charge in [-0.05, 0) is 30.3 Å². The lowest BCUT2D eigenvalue weighted by Crippen LogP contribution is -2.48. The molecule has 1 aliphatic rings. The molecule has 8 nitrogen and oxygen atoms in total. The summed E-state index contributed by atoms with van der Waals surface area (Å²) in [4.78, 5) is 26.1. The highest BCUT2D eigenvalue weighted by molar-refractivity contribution is 5.92. The van der Waals surface area contributed by atoms with Crippen molar-refractivity contribution in [2.45, 2.75) is 0 Å². The lowest BCUT2D eigenvalue weighted by atomic mass is 10.2. The Morgan fingerprint density at radius 3 is 2.33 bits per heavy atom. The molecular weight excluding hydrogens is 314 g/mol. The minimum Gasteiger partial charge on any atom is -0.497 e. The fourth-order valence-electron chi connectivity index (χ4n) is 2.66. The molecule has 0 spiro atoms. The third kappa shape index (κ3) is 3.17. The van der Waals surface area contributed by atoms with Crippen LogP contribution < -0.4 is 9.64 Å². The van der Waals surface area contributed by atoms with Crippen molar-refractivity contribution in [2.75, 3.05) is 38.2 Å². The summed E-state index contributed by atoms with van der Waals surface area (Å²) >= 11 is 0. The van der Waals surface area contributed by atoms with Gasteiger partial charge in [-0.25, -0.2) is 0 Å². The average molecular weight is 331 g/mol. The zero-order valence-electron chi connectivity index (χ0n) is 13.2. The van der Waals surface area contributed by atoms with Gasteiger partial charge in [0.25, 0.3) is 5.91 Å². The summed E-state index contributed by atoms with van der Waals surface area (Å²) in [6.07, 6.45) is 0. The number of hydrogen-bond acceptors (Lipinski definition) is 6. The molecule has 1 saturated heterocycles. The first-order valence-corrected chi connectivity index (χ1v) is 7.51. The maximum Gasteiger partial charge on any atom is 0.433 e. The second-order valence-corrected chi connectivity index (χ2v) is 5.37. The second-order valence-electron chi connectivity index (χ2n) is 5.37. The van der Waals surface area contributed by atoms with Gasteiger partial charge in [0.15, 0.2) is 5.76 Å². The molecule has 8 heteroatoms. The fourth-order valence-corrected chi connectivity index (χ4v) is 2.66. The minimum atomic E-state index is -0.654. The lowest BCUT2D eigenvalue weighted by Gasteiger charge is -2.35. The Kier molecular flexibility index (Phi) is 4.37. The van der Waals surface area contributed by atoms with E-state index in [0.29, 0.717) is 26.2 Å². The Morgan fingerprint density at radius 1 is 1.12 bits per heavy atom. The smallest absolute Gasteiger partial charge is 0.433 e. The van der Waals surface area contributed by atoms with E-state index in [9.17, 15) is 14.9 Å². The number of benzene rings is 1. The quantitative estimate of drug-likeness (QED) is 0.630. The van der Waals surface area contributed by atoms with Crippen molar-refractivity contribution in [3.05, 3.63) is 52.3 Å². The van der Waals surface area contributed by atoms with E-state index >= 15 is 0 Å². The van der Waals surface area contributed by atoms with E-state index in [-0.39, 0.29) is 11.7 Å². The van der Waals surface area contributed by atoms with Crippen molar-refractivity contribution in [3.8, 4) is 5.75 Å². The van der Waals surface area contributed by atoms with Crippen LogP contribution in [0.5, 0.6) is 5.75 Å². The predicted octanol–water partition coefficient (Wildman–Crippen LogP) is 2.16. The van der Waals surface area contributed by atoms with Gasteiger partial charge in [-0.1, -0.05) is 0 Å². The standard InChI is InChI=1S/C16H17N3O5/c1-23-13-4-2-12(3-5-13)17-8-10-18(11-9-17)16(20)14-6-7-15(24-14)19(21)22/h2-7H,8-11H2,1H3. The SMILES string of the molecule is COc1ccc(N2CCN(C(=O)c3ccc([N+](=O)[O-])o3)CC2)cc1. The monoisotopic (exact) mass is 331 g/mol. The van der Waals surface area contributed by atoms with Crippen molar-refractivity contribution in [3.63, 3.8) is 0 Å². The first kappa shape index (κ1) is 15.9. The Hall–Kier alpha value is -3.03. The van der Waals surface area contributed by atoms with Gasteiger partial charge in [0.05, 0.1) is 13.2 Å². The largest absolute Gasteiger partial charge is 0.497 e. The van der Waals surface area contributed by atoms with Crippen LogP contribution in [-0.4, -0.2) is 49.0 Å². The highest BCUT2D eigenvalue weighted by Crippen LogP contribution is 2.22. The second kappa shape index (κ2) is 6.61. The number of ether oxygens (including phenoxy) is 1. The number of anilines is 1. The summed E-state index contributed by atoms with van der Waals surface area (Å²) in [6.45, 7) is 2.42. The molecule has 1 aromatic heterocycles. The summed E-state index contributed by atoms with van der Waals surface area (Å²) in [7, 11) is 1.62. The molecule has 0 atom stereocenters. The van der Waals surface area contributed by atoms with E-state index in [0.717, 1.165) is 11.4 Å². The van der Waals surface area contributed by atoms with Gasteiger partial charge in [0, 0.05) is 31.9 Å². The van der Waals surface area contributed by atoms with E-state index in [4.69, 9.17) is 9.15 Å². The average Bonchev–Trinajstić information content (AvgIpc) is 3.12. The topological polar surface area (TPSA) is 89.1 Å². The molecule has 0 unspecified atom stereocenters. The molecule has 1 aromatic carbocycles. The molecule has 1 fully saturated rings. The van der Waals surface area contributed by atoms with Crippen LogP contribution in [0.3, 0.4) is 0 Å². The van der Waals surface area contributed by atoms with E-state index in [1.54, 1.807) is 12.0 Å². The zero-order valence-corrected chi connectivity index (χ0v) is 13.2. The van der Waals surface area contributed by atoms with Gasteiger partial charge in [0.2, 0.25) is 0 Å². The van der Waals surface area contributed by atoms with Gasteiger partial charge in [-0.3, -0.25) is 14.9 Å². The molecule has 0 aliphatic carbocycles. The summed E-state index contributed by atoms with van der Waals surface area (Å²) in [6, 6.07) is 10.3. The molecule has 126 valence electrons. The molecule has 2 heterocycles. The maximum atomic E-state index is 12.3. The number of methoxy groups -OCH3 is 1. The fraction of sp³-hybridized carbons (Fsp3) is 0.312. The Morgan fingerprint density at radius 2 is 1.79 bits per heavy atom. The van der Waals surface area contributed by atoms with Crippen LogP contribution in [-0.2, 0) is 0 Å². The normalized spacial score (nSPS) is 14.5. The molecule has 24 heavy (non-hydrogen) atoms. The number of carbonyl (C=O) groups is 1. The van der Waals surface area contributed by atoms with Crippen LogP contribution in [0.4, 0.5) is 11.6 Å². The zero-order chi connectivity index (χ0) is 17.1. The first-order chi connectivity index (χ1) is 11.6. The summed E-state index contributed by atoms with van der Waals surface area (Å²) < 4.78 is 10.1. The van der Waals surface area contributed by atoms with Crippen LogP contribution >= 0.6 is 0 Å². The number of nitro groups is 1. The van der Waals surface area contributed by atoms with Crippen molar-refractivity contribution in [1.29, 1.82) is 0 Å². The van der Waals surface area contributed by atoms with Gasteiger partial charge in [-0.2, -0.15) is 0 Å². The van der Waals surface area contributed by atoms with E-state index in [1.807, 2.05) is 24.3 Å². The number of carbonyl (C=O) groups excluding carboxylic acids is 1. The third-order valence-electron chi connectivity index (χ3n) is 3.99. The van der Waals surface area contributed by atoms with Crippen molar-refractivity contribution in [1.82, 2.24) is 4.90 Å². The molecule has 3 rings (SSSR count). The molecule has 1 aliphatic heterocycles. The van der Waals surface area contributed by atoms with Crippen LogP contribution in [0.2, 0.25) is 0 Å². The molecular formula is C16H17N3O5. The maximum absolute atomic E-state index is 12.3. The molecule has 0 radical (unpaired) electrons.